The van der Waals surface area contributed by atoms with Crippen LogP contribution in [0.15, 0.2) is 18.2 Å². The summed E-state index contributed by atoms with van der Waals surface area (Å²) in [6, 6.07) is 5.63. The fraction of sp³-hybridized carbons (Fsp3) is 0.400. The first-order valence-corrected chi connectivity index (χ1v) is 4.41. The fourth-order valence-corrected chi connectivity index (χ4v) is 1.59. The second kappa shape index (κ2) is 3.26. The zero-order valence-corrected chi connectivity index (χ0v) is 7.36. The Bertz CT molecular complexity index is 312. The minimum Gasteiger partial charge on any atom is -0.493 e. The minimum absolute atomic E-state index is 0.175. The molecule has 70 valence electrons. The van der Waals surface area contributed by atoms with E-state index in [4.69, 9.17) is 15.6 Å². The van der Waals surface area contributed by atoms with Gasteiger partial charge in [0.1, 0.15) is 5.75 Å². The molecule has 0 fully saturated rings. The Kier molecular flexibility index (Phi) is 2.10. The van der Waals surface area contributed by atoms with Crippen LogP contribution in [0.25, 0.3) is 0 Å². The van der Waals surface area contributed by atoms with Gasteiger partial charge in [-0.15, -0.1) is 0 Å². The topological polar surface area (TPSA) is 55.5 Å². The number of aliphatic hydroxyl groups excluding tert-OH is 1. The average molecular weight is 179 g/mol. The first-order chi connectivity index (χ1) is 6.29. The van der Waals surface area contributed by atoms with Crippen molar-refractivity contribution in [3.63, 3.8) is 0 Å². The van der Waals surface area contributed by atoms with E-state index in [-0.39, 0.29) is 12.5 Å². The van der Waals surface area contributed by atoms with E-state index in [1.54, 1.807) is 0 Å². The van der Waals surface area contributed by atoms with Crippen LogP contribution in [-0.2, 0) is 6.42 Å². The van der Waals surface area contributed by atoms with Crippen molar-refractivity contribution in [1.29, 1.82) is 0 Å². The summed E-state index contributed by atoms with van der Waals surface area (Å²) in [4.78, 5) is 0. The molecule has 0 aromatic heterocycles. The summed E-state index contributed by atoms with van der Waals surface area (Å²) in [5, 5.41) is 8.97. The number of anilines is 1. The first kappa shape index (κ1) is 8.38. The van der Waals surface area contributed by atoms with Crippen molar-refractivity contribution < 1.29 is 9.84 Å². The van der Waals surface area contributed by atoms with Crippen LogP contribution >= 0.6 is 0 Å². The Morgan fingerprint density at radius 3 is 3.15 bits per heavy atom. The summed E-state index contributed by atoms with van der Waals surface area (Å²) < 4.78 is 5.47. The molecule has 0 saturated heterocycles. The lowest BCUT2D eigenvalue weighted by Crippen LogP contribution is -2.23. The van der Waals surface area contributed by atoms with Gasteiger partial charge in [0.2, 0.25) is 0 Å². The lowest BCUT2D eigenvalue weighted by Gasteiger charge is -2.23. The lowest BCUT2D eigenvalue weighted by molar-refractivity contribution is 0.147. The van der Waals surface area contributed by atoms with E-state index in [2.05, 4.69) is 0 Å². The van der Waals surface area contributed by atoms with Crippen molar-refractivity contribution in [3.05, 3.63) is 23.8 Å². The van der Waals surface area contributed by atoms with Crippen LogP contribution in [-0.4, -0.2) is 18.3 Å². The second-order valence-electron chi connectivity index (χ2n) is 3.43. The van der Waals surface area contributed by atoms with Crippen LogP contribution in [0.3, 0.4) is 0 Å². The summed E-state index contributed by atoms with van der Waals surface area (Å²) >= 11 is 0. The number of nitrogens with two attached hydrogens (primary N) is 1. The largest absolute Gasteiger partial charge is 0.493 e. The van der Waals surface area contributed by atoms with E-state index in [9.17, 15) is 0 Å². The molecule has 0 radical (unpaired) electrons. The average Bonchev–Trinajstić information content (AvgIpc) is 2.16. The highest BCUT2D eigenvalue weighted by atomic mass is 16.5. The smallest absolute Gasteiger partial charge is 0.122 e. The van der Waals surface area contributed by atoms with Crippen molar-refractivity contribution in [3.8, 4) is 5.75 Å². The summed E-state index contributed by atoms with van der Waals surface area (Å²) in [7, 11) is 0. The maximum absolute atomic E-state index is 8.97. The normalized spacial score (nSPS) is 20.5. The molecule has 0 spiro atoms. The highest BCUT2D eigenvalue weighted by molar-refractivity contribution is 5.48. The van der Waals surface area contributed by atoms with Crippen molar-refractivity contribution in [2.45, 2.75) is 6.42 Å². The highest BCUT2D eigenvalue weighted by Gasteiger charge is 2.18. The Morgan fingerprint density at radius 2 is 2.38 bits per heavy atom. The molecule has 1 unspecified atom stereocenters. The van der Waals surface area contributed by atoms with Gasteiger partial charge < -0.3 is 15.6 Å². The highest BCUT2D eigenvalue weighted by Crippen LogP contribution is 2.28. The molecule has 0 aliphatic carbocycles. The van der Waals surface area contributed by atoms with E-state index in [1.165, 1.54) is 0 Å². The summed E-state index contributed by atoms with van der Waals surface area (Å²) in [5.74, 6) is 1.12. The quantitative estimate of drug-likeness (QED) is 0.627. The molecule has 1 aromatic rings. The van der Waals surface area contributed by atoms with Crippen molar-refractivity contribution in [2.75, 3.05) is 18.9 Å². The number of fused-ring (bicyclic) bond motifs is 1. The van der Waals surface area contributed by atoms with Crippen LogP contribution in [0, 0.1) is 5.92 Å². The van der Waals surface area contributed by atoms with Crippen LogP contribution in [0.4, 0.5) is 5.69 Å². The first-order valence-electron chi connectivity index (χ1n) is 4.41. The third kappa shape index (κ3) is 1.60. The molecule has 3 heteroatoms. The van der Waals surface area contributed by atoms with Gasteiger partial charge in [-0.05, 0) is 30.2 Å². The number of hydrogen-bond acceptors (Lipinski definition) is 3. The van der Waals surface area contributed by atoms with Crippen molar-refractivity contribution in [1.82, 2.24) is 0 Å². The van der Waals surface area contributed by atoms with Gasteiger partial charge in [-0.3, -0.25) is 0 Å². The summed E-state index contributed by atoms with van der Waals surface area (Å²) in [5.41, 5.74) is 7.50. The van der Waals surface area contributed by atoms with Gasteiger partial charge in [-0.1, -0.05) is 0 Å². The molecule has 3 N–H and O–H groups in total. The van der Waals surface area contributed by atoms with Gasteiger partial charge in [-0.25, -0.2) is 0 Å². The molecular weight excluding hydrogens is 166 g/mol. The SMILES string of the molecule is Nc1ccc2c(c1)CC(CO)CO2. The van der Waals surface area contributed by atoms with Crippen molar-refractivity contribution in [2.24, 2.45) is 5.92 Å². The van der Waals surface area contributed by atoms with E-state index < -0.39 is 0 Å². The monoisotopic (exact) mass is 179 g/mol. The van der Waals surface area contributed by atoms with Crippen LogP contribution in [0.2, 0.25) is 0 Å². The Labute approximate surface area is 77.1 Å². The summed E-state index contributed by atoms with van der Waals surface area (Å²) in [6.07, 6.45) is 0.858. The molecule has 0 amide bonds. The fourth-order valence-electron chi connectivity index (χ4n) is 1.59. The Hall–Kier alpha value is -1.22. The third-order valence-electron chi connectivity index (χ3n) is 2.33. The number of benzene rings is 1. The van der Waals surface area contributed by atoms with Gasteiger partial charge in [0, 0.05) is 18.2 Å². The van der Waals surface area contributed by atoms with Gasteiger partial charge in [0.25, 0.3) is 0 Å². The molecule has 13 heavy (non-hydrogen) atoms. The number of ether oxygens (including phenoxy) is 1. The van der Waals surface area contributed by atoms with Gasteiger partial charge in [0.05, 0.1) is 6.61 Å². The number of nitrogen functional groups attached to an aromatic ring is 1. The molecule has 1 heterocycles. The second-order valence-corrected chi connectivity index (χ2v) is 3.43. The lowest BCUT2D eigenvalue weighted by atomic mass is 9.97. The van der Waals surface area contributed by atoms with Gasteiger partial charge in [0.15, 0.2) is 0 Å². The Morgan fingerprint density at radius 1 is 1.54 bits per heavy atom. The molecule has 1 atom stereocenters. The standard InChI is InChI=1S/C10H13NO2/c11-9-1-2-10-8(4-9)3-7(5-12)6-13-10/h1-2,4,7,12H,3,5-6,11H2. The molecule has 1 aliphatic rings. The zero-order valence-electron chi connectivity index (χ0n) is 7.36. The molecule has 0 bridgehead atoms. The van der Waals surface area contributed by atoms with Crippen LogP contribution in [0.1, 0.15) is 5.56 Å². The molecule has 1 aromatic carbocycles. The van der Waals surface area contributed by atoms with E-state index >= 15 is 0 Å². The van der Waals surface area contributed by atoms with Crippen molar-refractivity contribution >= 4 is 5.69 Å². The van der Waals surface area contributed by atoms with E-state index in [0.717, 1.165) is 23.4 Å². The molecule has 0 saturated carbocycles. The van der Waals surface area contributed by atoms with Gasteiger partial charge >= 0.3 is 0 Å². The number of aliphatic hydroxyl groups is 1. The molecule has 2 rings (SSSR count). The molecule has 3 nitrogen and oxygen atoms in total. The number of rotatable bonds is 1. The van der Waals surface area contributed by atoms with E-state index in [1.807, 2.05) is 18.2 Å². The third-order valence-corrected chi connectivity index (χ3v) is 2.33. The maximum Gasteiger partial charge on any atom is 0.122 e. The molecular formula is C10H13NO2. The van der Waals surface area contributed by atoms with E-state index in [0.29, 0.717) is 6.61 Å². The van der Waals surface area contributed by atoms with Crippen LogP contribution in [0.5, 0.6) is 5.75 Å². The van der Waals surface area contributed by atoms with Crippen LogP contribution < -0.4 is 10.5 Å². The zero-order chi connectivity index (χ0) is 9.26. The maximum atomic E-state index is 8.97. The van der Waals surface area contributed by atoms with Gasteiger partial charge in [-0.2, -0.15) is 0 Å². The summed E-state index contributed by atoms with van der Waals surface area (Å²) in [6.45, 7) is 0.779. The molecule has 1 aliphatic heterocycles. The predicted molar refractivity (Wildman–Crippen MR) is 50.6 cm³/mol. The number of hydrogen-bond donors (Lipinski definition) is 2. The Balaban J connectivity index is 2.27. The predicted octanol–water partition coefficient (Wildman–Crippen LogP) is 0.812. The minimum atomic E-state index is 0.175.